The fourth-order valence-electron chi connectivity index (χ4n) is 3.26. The second-order valence-electron chi connectivity index (χ2n) is 7.13. The zero-order valence-electron chi connectivity index (χ0n) is 18.7. The molecule has 34 heavy (non-hydrogen) atoms. The molecule has 1 amide bonds. The van der Waals surface area contributed by atoms with E-state index in [0.29, 0.717) is 23.2 Å². The van der Waals surface area contributed by atoms with Crippen molar-refractivity contribution in [1.82, 2.24) is 19.5 Å². The second kappa shape index (κ2) is 10.8. The predicted molar refractivity (Wildman–Crippen MR) is 131 cm³/mol. The highest BCUT2D eigenvalue weighted by Gasteiger charge is 2.16. The molecular formula is C24H23N5O4S. The van der Waals surface area contributed by atoms with Gasteiger partial charge in [0.2, 0.25) is 5.91 Å². The van der Waals surface area contributed by atoms with Crippen LogP contribution in [0.1, 0.15) is 12.5 Å². The largest absolute Gasteiger partial charge is 0.497 e. The van der Waals surface area contributed by atoms with E-state index in [1.165, 1.54) is 17.0 Å². The normalized spacial score (nSPS) is 10.8. The Balaban J connectivity index is 1.59. The molecule has 0 atom stereocenters. The van der Waals surface area contributed by atoms with E-state index < -0.39 is 0 Å². The summed E-state index contributed by atoms with van der Waals surface area (Å²) in [5, 5.41) is 3.23. The van der Waals surface area contributed by atoms with Crippen LogP contribution in [0.4, 0.5) is 5.69 Å². The summed E-state index contributed by atoms with van der Waals surface area (Å²) in [7, 11) is 1.60. The molecule has 0 spiro atoms. The van der Waals surface area contributed by atoms with Crippen LogP contribution in [0.3, 0.4) is 0 Å². The minimum atomic E-state index is -0.321. The molecular weight excluding hydrogens is 454 g/mol. The van der Waals surface area contributed by atoms with E-state index in [1.807, 2.05) is 43.3 Å². The van der Waals surface area contributed by atoms with Crippen molar-refractivity contribution in [3.05, 3.63) is 76.8 Å². The van der Waals surface area contributed by atoms with Gasteiger partial charge in [-0.2, -0.15) is 0 Å². The van der Waals surface area contributed by atoms with E-state index in [4.69, 9.17) is 9.47 Å². The van der Waals surface area contributed by atoms with Crippen molar-refractivity contribution >= 4 is 34.5 Å². The number of benzene rings is 2. The number of rotatable bonds is 9. The maximum absolute atomic E-state index is 13.2. The highest BCUT2D eigenvalue weighted by molar-refractivity contribution is 7.99. The first-order valence-electron chi connectivity index (χ1n) is 10.6. The van der Waals surface area contributed by atoms with Gasteiger partial charge in [0, 0.05) is 12.4 Å². The first-order valence-corrected chi connectivity index (χ1v) is 11.6. The van der Waals surface area contributed by atoms with Gasteiger partial charge in [0.15, 0.2) is 16.3 Å². The third kappa shape index (κ3) is 5.34. The molecule has 0 aliphatic carbocycles. The fourth-order valence-corrected chi connectivity index (χ4v) is 4.05. The summed E-state index contributed by atoms with van der Waals surface area (Å²) in [6, 6.07) is 14.6. The minimum absolute atomic E-state index is 0.0429. The number of nitrogens with zero attached hydrogens (tertiary/aromatic N) is 4. The van der Waals surface area contributed by atoms with Crippen molar-refractivity contribution in [2.45, 2.75) is 18.6 Å². The number of aromatic nitrogens is 4. The lowest BCUT2D eigenvalue weighted by molar-refractivity contribution is -0.113. The highest BCUT2D eigenvalue weighted by Crippen LogP contribution is 2.25. The maximum atomic E-state index is 13.2. The van der Waals surface area contributed by atoms with Gasteiger partial charge < -0.3 is 14.8 Å². The Hall–Kier alpha value is -3.92. The van der Waals surface area contributed by atoms with Crippen LogP contribution < -0.4 is 20.3 Å². The van der Waals surface area contributed by atoms with Crippen LogP contribution >= 0.6 is 11.8 Å². The first-order chi connectivity index (χ1) is 16.6. The molecule has 4 rings (SSSR count). The minimum Gasteiger partial charge on any atom is -0.497 e. The summed E-state index contributed by atoms with van der Waals surface area (Å²) < 4.78 is 12.3. The number of anilines is 1. The zero-order valence-corrected chi connectivity index (χ0v) is 19.5. The Morgan fingerprint density at radius 3 is 2.62 bits per heavy atom. The molecule has 2 aromatic carbocycles. The quantitative estimate of drug-likeness (QED) is 0.289. The van der Waals surface area contributed by atoms with Crippen molar-refractivity contribution in [2.75, 3.05) is 24.8 Å². The number of nitrogens with one attached hydrogen (secondary N) is 1. The molecule has 0 saturated heterocycles. The Bertz CT molecular complexity index is 1360. The molecule has 0 bridgehead atoms. The molecule has 0 saturated carbocycles. The van der Waals surface area contributed by atoms with Crippen LogP contribution in [0.2, 0.25) is 0 Å². The van der Waals surface area contributed by atoms with E-state index in [1.54, 1.807) is 19.2 Å². The number of hydrogen-bond acceptors (Lipinski definition) is 8. The monoisotopic (exact) mass is 477 g/mol. The van der Waals surface area contributed by atoms with Gasteiger partial charge in [-0.15, -0.1) is 0 Å². The molecule has 0 unspecified atom stereocenters. The molecule has 1 N–H and O–H groups in total. The number of carbonyl (C=O) groups is 1. The molecule has 0 fully saturated rings. The van der Waals surface area contributed by atoms with E-state index >= 15 is 0 Å². The third-order valence-corrected chi connectivity index (χ3v) is 5.83. The van der Waals surface area contributed by atoms with Gasteiger partial charge >= 0.3 is 0 Å². The standard InChI is InChI=1S/C24H23N5O4S/c1-3-33-19-7-5-4-6-18(19)27-20(30)15-34-24-28-22-21(25-12-13-26-22)23(31)29(24)14-16-8-10-17(32-2)11-9-16/h4-13H,3,14-15H2,1-2H3,(H,27,30). The van der Waals surface area contributed by atoms with Gasteiger partial charge in [-0.25, -0.2) is 15.0 Å². The molecule has 2 heterocycles. The first kappa shape index (κ1) is 23.2. The summed E-state index contributed by atoms with van der Waals surface area (Å²) >= 11 is 1.16. The highest BCUT2D eigenvalue weighted by atomic mass is 32.2. The fraction of sp³-hybridized carbons (Fsp3) is 0.208. The number of hydrogen-bond donors (Lipinski definition) is 1. The summed E-state index contributed by atoms with van der Waals surface area (Å²) in [6.07, 6.45) is 2.94. The van der Waals surface area contributed by atoms with E-state index in [-0.39, 0.29) is 34.9 Å². The molecule has 0 aliphatic rings. The van der Waals surface area contributed by atoms with Crippen molar-refractivity contribution in [3.63, 3.8) is 0 Å². The Morgan fingerprint density at radius 2 is 1.85 bits per heavy atom. The molecule has 0 aliphatic heterocycles. The van der Waals surface area contributed by atoms with Crippen molar-refractivity contribution in [2.24, 2.45) is 0 Å². The van der Waals surface area contributed by atoms with Gasteiger partial charge in [0.1, 0.15) is 11.5 Å². The third-order valence-electron chi connectivity index (χ3n) is 4.85. The number of para-hydroxylation sites is 2. The molecule has 0 radical (unpaired) electrons. The summed E-state index contributed by atoms with van der Waals surface area (Å²) in [5.74, 6) is 1.11. The van der Waals surface area contributed by atoms with E-state index in [0.717, 1.165) is 23.1 Å². The van der Waals surface area contributed by atoms with Gasteiger partial charge in [0.25, 0.3) is 5.56 Å². The molecule has 4 aromatic rings. The number of thioether (sulfide) groups is 1. The van der Waals surface area contributed by atoms with Crippen LogP contribution in [-0.2, 0) is 11.3 Å². The zero-order chi connectivity index (χ0) is 23.9. The molecule has 10 heteroatoms. The van der Waals surface area contributed by atoms with E-state index in [9.17, 15) is 9.59 Å². The SMILES string of the molecule is CCOc1ccccc1NC(=O)CSc1nc2nccnc2c(=O)n1Cc1ccc(OC)cc1. The lowest BCUT2D eigenvalue weighted by atomic mass is 10.2. The number of ether oxygens (including phenoxy) is 2. The van der Waals surface area contributed by atoms with Gasteiger partial charge in [0.05, 0.1) is 31.7 Å². The number of methoxy groups -OCH3 is 1. The smallest absolute Gasteiger partial charge is 0.282 e. The molecule has 174 valence electrons. The maximum Gasteiger partial charge on any atom is 0.282 e. The van der Waals surface area contributed by atoms with Crippen LogP contribution in [0.25, 0.3) is 11.2 Å². The average Bonchev–Trinajstić information content (AvgIpc) is 2.86. The topological polar surface area (TPSA) is 108 Å². The van der Waals surface area contributed by atoms with Gasteiger partial charge in [-0.3, -0.25) is 14.2 Å². The Labute approximate surface area is 200 Å². The Morgan fingerprint density at radius 1 is 1.09 bits per heavy atom. The predicted octanol–water partition coefficient (Wildman–Crippen LogP) is 3.37. The number of carbonyl (C=O) groups excluding carboxylic acids is 1. The molecule has 2 aromatic heterocycles. The van der Waals surface area contributed by atoms with Crippen LogP contribution in [0.15, 0.2) is 70.9 Å². The van der Waals surface area contributed by atoms with Gasteiger partial charge in [-0.1, -0.05) is 36.0 Å². The number of amides is 1. The van der Waals surface area contributed by atoms with Crippen LogP contribution in [-0.4, -0.2) is 44.9 Å². The summed E-state index contributed by atoms with van der Waals surface area (Å²) in [4.78, 5) is 38.7. The van der Waals surface area contributed by atoms with Crippen molar-refractivity contribution in [3.8, 4) is 11.5 Å². The average molecular weight is 478 g/mol. The van der Waals surface area contributed by atoms with Crippen LogP contribution in [0.5, 0.6) is 11.5 Å². The van der Waals surface area contributed by atoms with E-state index in [2.05, 4.69) is 20.3 Å². The summed E-state index contributed by atoms with van der Waals surface area (Å²) in [6.45, 7) is 2.63. The van der Waals surface area contributed by atoms with Crippen LogP contribution in [0, 0.1) is 0 Å². The number of fused-ring (bicyclic) bond motifs is 1. The van der Waals surface area contributed by atoms with Crippen molar-refractivity contribution < 1.29 is 14.3 Å². The lowest BCUT2D eigenvalue weighted by Gasteiger charge is -2.14. The lowest BCUT2D eigenvalue weighted by Crippen LogP contribution is -2.26. The Kier molecular flexibility index (Phi) is 7.38. The van der Waals surface area contributed by atoms with Crippen molar-refractivity contribution in [1.29, 1.82) is 0 Å². The van der Waals surface area contributed by atoms with Gasteiger partial charge in [-0.05, 0) is 36.8 Å². The summed E-state index contributed by atoms with van der Waals surface area (Å²) in [5.41, 5.74) is 1.56. The molecule has 9 nitrogen and oxygen atoms in total. The second-order valence-corrected chi connectivity index (χ2v) is 8.07.